The molecule has 0 unspecified atom stereocenters. The zero-order chi connectivity index (χ0) is 25.1. The van der Waals surface area contributed by atoms with Gasteiger partial charge in [0.1, 0.15) is 11.6 Å². The van der Waals surface area contributed by atoms with Gasteiger partial charge in [-0.2, -0.15) is 10.2 Å². The van der Waals surface area contributed by atoms with Gasteiger partial charge in [0.05, 0.1) is 42.7 Å². The fourth-order valence-corrected chi connectivity index (χ4v) is 4.20. The Hall–Kier alpha value is -4.24. The quantitative estimate of drug-likeness (QED) is 0.440. The van der Waals surface area contributed by atoms with Crippen molar-refractivity contribution in [2.45, 2.75) is 32.9 Å². The molecule has 36 heavy (non-hydrogen) atoms. The molecule has 0 radical (unpaired) electrons. The topological polar surface area (TPSA) is 120 Å². The smallest absolute Gasteiger partial charge is 0.254 e. The number of hydrogen-bond donors (Lipinski definition) is 1. The first-order valence-corrected chi connectivity index (χ1v) is 11.8. The number of anilines is 1. The minimum absolute atomic E-state index is 0.163. The number of fused-ring (bicyclic) bond motifs is 1. The summed E-state index contributed by atoms with van der Waals surface area (Å²) in [5.41, 5.74) is 10.7. The molecule has 9 nitrogen and oxygen atoms in total. The number of pyridine rings is 1. The minimum Gasteiger partial charge on any atom is -0.383 e. The highest BCUT2D eigenvalue weighted by Crippen LogP contribution is 2.25. The highest BCUT2D eigenvalue weighted by molar-refractivity contribution is 5.98. The predicted molar refractivity (Wildman–Crippen MR) is 137 cm³/mol. The maximum atomic E-state index is 13.8. The molecular weight excluding hydrogens is 454 g/mol. The van der Waals surface area contributed by atoms with Gasteiger partial charge in [0.25, 0.3) is 5.91 Å². The predicted octanol–water partition coefficient (Wildman–Crippen LogP) is 3.91. The van der Waals surface area contributed by atoms with Crippen LogP contribution in [-0.2, 0) is 11.3 Å². The molecule has 0 aliphatic carbocycles. The van der Waals surface area contributed by atoms with E-state index in [-0.39, 0.29) is 18.5 Å². The molecule has 3 aromatic heterocycles. The Morgan fingerprint density at radius 2 is 1.97 bits per heavy atom. The average Bonchev–Trinajstić information content (AvgIpc) is 2.93. The summed E-state index contributed by atoms with van der Waals surface area (Å²) in [4.78, 5) is 28.7. The molecule has 4 heterocycles. The van der Waals surface area contributed by atoms with E-state index < -0.39 is 0 Å². The molecule has 1 amide bonds. The second-order valence-electron chi connectivity index (χ2n) is 8.78. The molecule has 1 atom stereocenters. The van der Waals surface area contributed by atoms with Gasteiger partial charge in [-0.3, -0.25) is 4.79 Å². The summed E-state index contributed by atoms with van der Waals surface area (Å²) < 4.78 is 5.38. The van der Waals surface area contributed by atoms with Gasteiger partial charge in [0.2, 0.25) is 0 Å². The molecule has 1 aromatic carbocycles. The summed E-state index contributed by atoms with van der Waals surface area (Å²) >= 11 is 0. The van der Waals surface area contributed by atoms with E-state index in [2.05, 4.69) is 25.1 Å². The van der Waals surface area contributed by atoms with Crippen molar-refractivity contribution in [3.05, 3.63) is 89.3 Å². The monoisotopic (exact) mass is 481 g/mol. The number of amides is 1. The molecule has 0 saturated heterocycles. The van der Waals surface area contributed by atoms with Crippen LogP contribution in [0.15, 0.2) is 60.9 Å². The van der Waals surface area contributed by atoms with Crippen molar-refractivity contribution >= 4 is 28.2 Å². The summed E-state index contributed by atoms with van der Waals surface area (Å²) in [7, 11) is 0. The van der Waals surface area contributed by atoms with E-state index in [9.17, 15) is 4.79 Å². The van der Waals surface area contributed by atoms with Gasteiger partial charge in [0.15, 0.2) is 0 Å². The van der Waals surface area contributed by atoms with Crippen LogP contribution in [0.3, 0.4) is 0 Å². The second kappa shape index (κ2) is 10.2. The summed E-state index contributed by atoms with van der Waals surface area (Å²) in [6.07, 6.45) is 6.18. The molecule has 1 aliphatic heterocycles. The number of nitrogen functional groups attached to an aromatic ring is 1. The standard InChI is InChI=1S/C27H27N7O2/c1-17-14-21-15-20(4-6-23(21)31-25(17)28)27(35)34(18(2)26-29-10-3-11-30-26)16-22-5-7-24(33-32-22)19-8-12-36-13-9-19/h3-8,10-11,14-15,18H,9,12-13,16H2,1-2H3,(H2,28,31)/t18-/m1/s1. The summed E-state index contributed by atoms with van der Waals surface area (Å²) in [5.74, 6) is 0.870. The zero-order valence-electron chi connectivity index (χ0n) is 20.3. The molecule has 0 saturated carbocycles. The third-order valence-corrected chi connectivity index (χ3v) is 6.32. The van der Waals surface area contributed by atoms with Crippen molar-refractivity contribution in [2.75, 3.05) is 18.9 Å². The normalized spacial score (nSPS) is 14.3. The van der Waals surface area contributed by atoms with Gasteiger partial charge in [-0.1, -0.05) is 6.08 Å². The molecule has 0 spiro atoms. The fourth-order valence-electron chi connectivity index (χ4n) is 4.20. The van der Waals surface area contributed by atoms with E-state index in [1.54, 1.807) is 29.4 Å². The summed E-state index contributed by atoms with van der Waals surface area (Å²) in [6.45, 7) is 5.33. The average molecular weight is 482 g/mol. The number of benzene rings is 1. The fraction of sp³-hybridized carbons (Fsp3) is 0.259. The van der Waals surface area contributed by atoms with Crippen LogP contribution < -0.4 is 5.73 Å². The van der Waals surface area contributed by atoms with Crippen LogP contribution in [0.4, 0.5) is 5.82 Å². The number of carbonyl (C=O) groups is 1. The number of aromatic nitrogens is 5. The Morgan fingerprint density at radius 1 is 1.14 bits per heavy atom. The molecule has 1 aliphatic rings. The highest BCUT2D eigenvalue weighted by atomic mass is 16.5. The van der Waals surface area contributed by atoms with Crippen LogP contribution in [0.5, 0.6) is 0 Å². The van der Waals surface area contributed by atoms with Crippen LogP contribution in [0.25, 0.3) is 16.5 Å². The molecule has 0 bridgehead atoms. The van der Waals surface area contributed by atoms with Gasteiger partial charge in [-0.05, 0) is 73.9 Å². The van der Waals surface area contributed by atoms with Crippen LogP contribution >= 0.6 is 0 Å². The number of nitrogens with two attached hydrogens (primary N) is 1. The lowest BCUT2D eigenvalue weighted by Gasteiger charge is -2.28. The first-order chi connectivity index (χ1) is 17.5. The van der Waals surface area contributed by atoms with E-state index in [1.165, 1.54) is 0 Å². The Balaban J connectivity index is 1.46. The minimum atomic E-state index is -0.389. The lowest BCUT2D eigenvalue weighted by Crippen LogP contribution is -2.34. The summed E-state index contributed by atoms with van der Waals surface area (Å²) in [6, 6.07) is 12.6. The first-order valence-electron chi connectivity index (χ1n) is 11.8. The van der Waals surface area contributed by atoms with Crippen molar-refractivity contribution in [3.8, 4) is 0 Å². The highest BCUT2D eigenvalue weighted by Gasteiger charge is 2.26. The molecule has 0 fully saturated rings. The maximum absolute atomic E-state index is 13.8. The number of nitrogens with zero attached hydrogens (tertiary/aromatic N) is 6. The van der Waals surface area contributed by atoms with E-state index in [0.717, 1.165) is 34.2 Å². The van der Waals surface area contributed by atoms with Crippen molar-refractivity contribution in [1.29, 1.82) is 0 Å². The Labute approximate surface area is 209 Å². The van der Waals surface area contributed by atoms with Gasteiger partial charge < -0.3 is 15.4 Å². The molecular formula is C27H27N7O2. The maximum Gasteiger partial charge on any atom is 0.254 e. The Bertz CT molecular complexity index is 1420. The zero-order valence-corrected chi connectivity index (χ0v) is 20.3. The van der Waals surface area contributed by atoms with Crippen LogP contribution in [-0.4, -0.2) is 49.2 Å². The number of aryl methyl sites for hydroxylation is 1. The third kappa shape index (κ3) is 4.92. The SMILES string of the molecule is Cc1cc2cc(C(=O)N(Cc3ccc(C4=CCOCC4)nn3)[C@H](C)c3ncccn3)ccc2nc1N. The third-order valence-electron chi connectivity index (χ3n) is 6.32. The van der Waals surface area contributed by atoms with Gasteiger partial charge in [-0.15, -0.1) is 0 Å². The van der Waals surface area contributed by atoms with Crippen molar-refractivity contribution < 1.29 is 9.53 Å². The van der Waals surface area contributed by atoms with Crippen molar-refractivity contribution in [3.63, 3.8) is 0 Å². The number of ether oxygens (including phenoxy) is 1. The lowest BCUT2D eigenvalue weighted by molar-refractivity contribution is 0.0663. The van der Waals surface area contributed by atoms with E-state index >= 15 is 0 Å². The van der Waals surface area contributed by atoms with E-state index in [0.29, 0.717) is 36.1 Å². The Kier molecular flexibility index (Phi) is 6.64. The number of carbonyl (C=O) groups excluding carboxylic acids is 1. The van der Waals surface area contributed by atoms with E-state index in [4.69, 9.17) is 10.5 Å². The molecule has 2 N–H and O–H groups in total. The second-order valence-corrected chi connectivity index (χ2v) is 8.78. The van der Waals surface area contributed by atoms with Crippen LogP contribution in [0.1, 0.15) is 52.5 Å². The molecule has 4 aromatic rings. The van der Waals surface area contributed by atoms with Gasteiger partial charge >= 0.3 is 0 Å². The van der Waals surface area contributed by atoms with E-state index in [1.807, 2.05) is 50.3 Å². The van der Waals surface area contributed by atoms with Crippen LogP contribution in [0.2, 0.25) is 0 Å². The van der Waals surface area contributed by atoms with Crippen molar-refractivity contribution in [1.82, 2.24) is 30.0 Å². The first kappa shape index (κ1) is 23.5. The largest absolute Gasteiger partial charge is 0.383 e. The number of rotatable bonds is 6. The molecule has 5 rings (SSSR count). The van der Waals surface area contributed by atoms with Crippen molar-refractivity contribution in [2.24, 2.45) is 0 Å². The van der Waals surface area contributed by atoms with Gasteiger partial charge in [0, 0.05) is 23.3 Å². The Morgan fingerprint density at radius 3 is 2.69 bits per heavy atom. The number of hydrogen-bond acceptors (Lipinski definition) is 8. The molecule has 9 heteroatoms. The van der Waals surface area contributed by atoms with Gasteiger partial charge in [-0.25, -0.2) is 15.0 Å². The van der Waals surface area contributed by atoms with Crippen LogP contribution in [0, 0.1) is 6.92 Å². The lowest BCUT2D eigenvalue weighted by atomic mass is 10.1. The molecule has 182 valence electrons. The summed E-state index contributed by atoms with van der Waals surface area (Å²) in [5, 5.41) is 9.69.